The zero-order valence-electron chi connectivity index (χ0n) is 6.69. The summed E-state index contributed by atoms with van der Waals surface area (Å²) in [6, 6.07) is 0. The standard InChI is InChI=1S/C7H16O4/c1-2-7(4-8,5-9)3-6(10)11/h6,8-11H,2-5H2,1H3. The monoisotopic (exact) mass is 164 g/mol. The van der Waals surface area contributed by atoms with Crippen molar-refractivity contribution in [1.82, 2.24) is 0 Å². The molecule has 0 saturated heterocycles. The molecular formula is C7H16O4. The third kappa shape index (κ3) is 3.16. The van der Waals surface area contributed by atoms with Gasteiger partial charge < -0.3 is 20.4 Å². The topological polar surface area (TPSA) is 80.9 Å². The minimum Gasteiger partial charge on any atom is -0.396 e. The molecule has 0 aliphatic carbocycles. The Balaban J connectivity index is 4.05. The lowest BCUT2D eigenvalue weighted by Gasteiger charge is -2.28. The van der Waals surface area contributed by atoms with Crippen LogP contribution in [0.1, 0.15) is 19.8 Å². The van der Waals surface area contributed by atoms with E-state index >= 15 is 0 Å². The number of aliphatic hydroxyl groups is 4. The third-order valence-corrected chi connectivity index (χ3v) is 2.04. The van der Waals surface area contributed by atoms with Crippen molar-refractivity contribution in [2.75, 3.05) is 13.2 Å². The molecule has 0 amide bonds. The highest BCUT2D eigenvalue weighted by Crippen LogP contribution is 2.25. The van der Waals surface area contributed by atoms with Crippen molar-refractivity contribution in [2.45, 2.75) is 26.1 Å². The van der Waals surface area contributed by atoms with Crippen molar-refractivity contribution in [2.24, 2.45) is 5.41 Å². The van der Waals surface area contributed by atoms with Crippen LogP contribution in [0.3, 0.4) is 0 Å². The van der Waals surface area contributed by atoms with Crippen LogP contribution in [0.25, 0.3) is 0 Å². The Morgan fingerprint density at radius 3 is 1.73 bits per heavy atom. The molecule has 0 aromatic rings. The first-order valence-corrected chi connectivity index (χ1v) is 3.68. The quantitative estimate of drug-likeness (QED) is 0.396. The second-order valence-corrected chi connectivity index (χ2v) is 2.85. The average molecular weight is 164 g/mol. The van der Waals surface area contributed by atoms with Gasteiger partial charge in [0, 0.05) is 11.8 Å². The van der Waals surface area contributed by atoms with E-state index in [4.69, 9.17) is 20.4 Å². The average Bonchev–Trinajstić information content (AvgIpc) is 2.00. The van der Waals surface area contributed by atoms with E-state index in [1.54, 1.807) is 6.92 Å². The number of hydrogen-bond acceptors (Lipinski definition) is 4. The molecule has 4 heteroatoms. The predicted molar refractivity (Wildman–Crippen MR) is 39.7 cm³/mol. The molecule has 0 bridgehead atoms. The first-order valence-electron chi connectivity index (χ1n) is 3.68. The molecule has 0 heterocycles. The zero-order valence-corrected chi connectivity index (χ0v) is 6.69. The van der Waals surface area contributed by atoms with Gasteiger partial charge in [-0.05, 0) is 6.42 Å². The van der Waals surface area contributed by atoms with Crippen LogP contribution in [0.4, 0.5) is 0 Å². The molecule has 0 unspecified atom stereocenters. The molecule has 0 rings (SSSR count). The van der Waals surface area contributed by atoms with Gasteiger partial charge in [-0.1, -0.05) is 6.92 Å². The lowest BCUT2D eigenvalue weighted by atomic mass is 9.83. The van der Waals surface area contributed by atoms with E-state index in [0.29, 0.717) is 6.42 Å². The van der Waals surface area contributed by atoms with Gasteiger partial charge in [0.2, 0.25) is 0 Å². The highest BCUT2D eigenvalue weighted by molar-refractivity contribution is 4.76. The largest absolute Gasteiger partial charge is 0.396 e. The SMILES string of the molecule is CCC(CO)(CO)CC(O)O. The first-order chi connectivity index (χ1) is 5.10. The number of hydrogen-bond donors (Lipinski definition) is 4. The molecule has 4 N–H and O–H groups in total. The molecule has 11 heavy (non-hydrogen) atoms. The second kappa shape index (κ2) is 4.66. The van der Waals surface area contributed by atoms with Gasteiger partial charge in [-0.2, -0.15) is 0 Å². The fraction of sp³-hybridized carbons (Fsp3) is 1.00. The van der Waals surface area contributed by atoms with Crippen LogP contribution in [-0.4, -0.2) is 39.9 Å². The van der Waals surface area contributed by atoms with Crippen LogP contribution < -0.4 is 0 Å². The van der Waals surface area contributed by atoms with Crippen LogP contribution >= 0.6 is 0 Å². The highest BCUT2D eigenvalue weighted by Gasteiger charge is 2.28. The van der Waals surface area contributed by atoms with E-state index in [1.165, 1.54) is 0 Å². The molecule has 0 saturated carbocycles. The molecule has 0 aliphatic heterocycles. The number of aliphatic hydroxyl groups excluding tert-OH is 3. The first kappa shape index (κ1) is 10.8. The van der Waals surface area contributed by atoms with Gasteiger partial charge in [-0.15, -0.1) is 0 Å². The van der Waals surface area contributed by atoms with Gasteiger partial charge in [0.25, 0.3) is 0 Å². The Morgan fingerprint density at radius 1 is 1.18 bits per heavy atom. The Morgan fingerprint density at radius 2 is 1.64 bits per heavy atom. The summed E-state index contributed by atoms with van der Waals surface area (Å²) in [6.07, 6.45) is -0.928. The van der Waals surface area contributed by atoms with E-state index in [1.807, 2.05) is 0 Å². The van der Waals surface area contributed by atoms with E-state index < -0.39 is 11.7 Å². The normalized spacial score (nSPS) is 12.5. The van der Waals surface area contributed by atoms with E-state index in [9.17, 15) is 0 Å². The second-order valence-electron chi connectivity index (χ2n) is 2.85. The van der Waals surface area contributed by atoms with Gasteiger partial charge in [0.1, 0.15) is 0 Å². The predicted octanol–water partition coefficient (Wildman–Crippen LogP) is -0.932. The van der Waals surface area contributed by atoms with Crippen LogP contribution in [0, 0.1) is 5.41 Å². The fourth-order valence-electron chi connectivity index (χ4n) is 0.934. The Labute approximate surface area is 66.1 Å². The van der Waals surface area contributed by atoms with Gasteiger partial charge in [-0.25, -0.2) is 0 Å². The van der Waals surface area contributed by atoms with Crippen molar-refractivity contribution < 1.29 is 20.4 Å². The van der Waals surface area contributed by atoms with E-state index in [0.717, 1.165) is 0 Å². The maximum absolute atomic E-state index is 8.84. The van der Waals surface area contributed by atoms with Crippen molar-refractivity contribution >= 4 is 0 Å². The van der Waals surface area contributed by atoms with Crippen LogP contribution in [0.2, 0.25) is 0 Å². The van der Waals surface area contributed by atoms with Gasteiger partial charge in [0.15, 0.2) is 6.29 Å². The summed E-state index contributed by atoms with van der Waals surface area (Å²) in [5, 5.41) is 34.9. The summed E-state index contributed by atoms with van der Waals surface area (Å²) >= 11 is 0. The Bertz CT molecular complexity index is 90.3. The highest BCUT2D eigenvalue weighted by atomic mass is 16.5. The van der Waals surface area contributed by atoms with Crippen molar-refractivity contribution in [3.8, 4) is 0 Å². The molecule has 0 aliphatic rings. The Hall–Kier alpha value is -0.160. The molecule has 0 atom stereocenters. The lowest BCUT2D eigenvalue weighted by molar-refractivity contribution is -0.0945. The number of rotatable bonds is 5. The van der Waals surface area contributed by atoms with Crippen LogP contribution in [-0.2, 0) is 0 Å². The molecule has 0 aromatic heterocycles. The molecule has 0 radical (unpaired) electrons. The maximum Gasteiger partial charge on any atom is 0.152 e. The van der Waals surface area contributed by atoms with Crippen molar-refractivity contribution in [3.63, 3.8) is 0 Å². The van der Waals surface area contributed by atoms with Crippen molar-refractivity contribution in [3.05, 3.63) is 0 Å². The Kier molecular flexibility index (Phi) is 4.60. The van der Waals surface area contributed by atoms with Crippen LogP contribution in [0.5, 0.6) is 0 Å². The summed E-state index contributed by atoms with van der Waals surface area (Å²) in [4.78, 5) is 0. The van der Waals surface area contributed by atoms with E-state index in [2.05, 4.69) is 0 Å². The summed E-state index contributed by atoms with van der Waals surface area (Å²) in [5.74, 6) is 0. The molecule has 0 fully saturated rings. The third-order valence-electron chi connectivity index (χ3n) is 2.04. The van der Waals surface area contributed by atoms with Gasteiger partial charge >= 0.3 is 0 Å². The van der Waals surface area contributed by atoms with E-state index in [-0.39, 0.29) is 19.6 Å². The fourth-order valence-corrected chi connectivity index (χ4v) is 0.934. The smallest absolute Gasteiger partial charge is 0.152 e. The minimum atomic E-state index is -1.46. The summed E-state index contributed by atoms with van der Waals surface area (Å²) in [7, 11) is 0. The minimum absolute atomic E-state index is 0.0104. The van der Waals surface area contributed by atoms with Crippen LogP contribution in [0.15, 0.2) is 0 Å². The van der Waals surface area contributed by atoms with Gasteiger partial charge in [0.05, 0.1) is 13.2 Å². The molecular weight excluding hydrogens is 148 g/mol. The maximum atomic E-state index is 8.84. The molecule has 4 nitrogen and oxygen atoms in total. The lowest BCUT2D eigenvalue weighted by Crippen LogP contribution is -2.33. The summed E-state index contributed by atoms with van der Waals surface area (Å²) in [5.41, 5.74) is -0.742. The molecule has 0 spiro atoms. The molecule has 68 valence electrons. The van der Waals surface area contributed by atoms with Crippen molar-refractivity contribution in [1.29, 1.82) is 0 Å². The summed E-state index contributed by atoms with van der Waals surface area (Å²) < 4.78 is 0. The molecule has 0 aromatic carbocycles. The van der Waals surface area contributed by atoms with Gasteiger partial charge in [-0.3, -0.25) is 0 Å². The zero-order chi connectivity index (χ0) is 8.91. The summed E-state index contributed by atoms with van der Waals surface area (Å²) in [6.45, 7) is 1.34.